The molecule has 1 N–H and O–H groups in total. The van der Waals surface area contributed by atoms with Gasteiger partial charge in [0.1, 0.15) is 0 Å². The van der Waals surface area contributed by atoms with Gasteiger partial charge in [0.05, 0.1) is 10.0 Å². The van der Waals surface area contributed by atoms with E-state index in [0.29, 0.717) is 10.0 Å². The predicted molar refractivity (Wildman–Crippen MR) is 78.3 cm³/mol. The summed E-state index contributed by atoms with van der Waals surface area (Å²) in [6.07, 6.45) is 4.11. The molecule has 1 aromatic carbocycles. The molecule has 1 nitrogen and oxygen atoms in total. The van der Waals surface area contributed by atoms with Crippen LogP contribution in [0.2, 0.25) is 10.0 Å². The van der Waals surface area contributed by atoms with Gasteiger partial charge in [-0.2, -0.15) is 11.8 Å². The molecular weight excluding hydrogens is 273 g/mol. The minimum absolute atomic E-state index is 0.623. The van der Waals surface area contributed by atoms with Gasteiger partial charge in [-0.25, -0.2) is 0 Å². The van der Waals surface area contributed by atoms with E-state index in [-0.39, 0.29) is 0 Å². The monoisotopic (exact) mass is 289 g/mol. The van der Waals surface area contributed by atoms with Crippen molar-refractivity contribution in [1.82, 2.24) is 5.32 Å². The van der Waals surface area contributed by atoms with Crippen LogP contribution in [0.4, 0.5) is 0 Å². The molecular formula is C13H17Cl2NS. The van der Waals surface area contributed by atoms with Crippen LogP contribution in [-0.4, -0.2) is 17.5 Å². The molecule has 0 aromatic heterocycles. The Labute approximate surface area is 117 Å². The highest BCUT2D eigenvalue weighted by Crippen LogP contribution is 2.25. The third-order valence-electron chi connectivity index (χ3n) is 2.96. The van der Waals surface area contributed by atoms with Gasteiger partial charge in [-0.15, -0.1) is 0 Å². The van der Waals surface area contributed by atoms with E-state index in [2.05, 4.69) is 17.1 Å². The predicted octanol–water partition coefficient (Wildman–Crippen LogP) is 4.37. The van der Waals surface area contributed by atoms with Crippen LogP contribution in [0.25, 0.3) is 0 Å². The molecule has 0 radical (unpaired) electrons. The van der Waals surface area contributed by atoms with Gasteiger partial charge >= 0.3 is 0 Å². The minimum atomic E-state index is 0.623. The summed E-state index contributed by atoms with van der Waals surface area (Å²) in [5.41, 5.74) is 1.19. The molecule has 0 spiro atoms. The molecule has 0 saturated carbocycles. The second-order valence-electron chi connectivity index (χ2n) is 4.37. The Balaban J connectivity index is 1.75. The normalized spacial score (nSPS) is 20.5. The Morgan fingerprint density at radius 2 is 2.12 bits per heavy atom. The van der Waals surface area contributed by atoms with Gasteiger partial charge in [0.25, 0.3) is 0 Å². The summed E-state index contributed by atoms with van der Waals surface area (Å²) in [5, 5.41) is 5.54. The first-order valence-electron chi connectivity index (χ1n) is 6.02. The average molecular weight is 290 g/mol. The zero-order valence-corrected chi connectivity index (χ0v) is 12.0. The van der Waals surface area contributed by atoms with Crippen molar-refractivity contribution in [2.45, 2.75) is 31.1 Å². The van der Waals surface area contributed by atoms with E-state index < -0.39 is 0 Å². The number of rotatable bonds is 4. The second-order valence-corrected chi connectivity index (χ2v) is 6.59. The Hall–Kier alpha value is 0.110. The quantitative estimate of drug-likeness (QED) is 0.883. The van der Waals surface area contributed by atoms with Crippen LogP contribution < -0.4 is 5.32 Å². The summed E-state index contributed by atoms with van der Waals surface area (Å²) in [6.45, 7) is 1.96. The summed E-state index contributed by atoms with van der Waals surface area (Å²) < 4.78 is 0. The Kier molecular flexibility index (Phi) is 5.49. The van der Waals surface area contributed by atoms with Crippen molar-refractivity contribution in [2.75, 3.05) is 12.3 Å². The summed E-state index contributed by atoms with van der Waals surface area (Å²) in [5.74, 6) is 1.32. The number of thioether (sulfide) groups is 1. The van der Waals surface area contributed by atoms with Crippen LogP contribution in [0, 0.1) is 0 Å². The molecule has 0 amide bonds. The van der Waals surface area contributed by atoms with Crippen LogP contribution in [0.15, 0.2) is 18.2 Å². The maximum atomic E-state index is 5.98. The molecule has 1 heterocycles. The van der Waals surface area contributed by atoms with Crippen molar-refractivity contribution in [2.24, 2.45) is 0 Å². The summed E-state index contributed by atoms with van der Waals surface area (Å²) in [4.78, 5) is 0. The zero-order chi connectivity index (χ0) is 12.1. The van der Waals surface area contributed by atoms with Gasteiger partial charge in [-0.1, -0.05) is 35.7 Å². The lowest BCUT2D eigenvalue weighted by atomic mass is 10.2. The first kappa shape index (κ1) is 13.5. The van der Waals surface area contributed by atoms with Crippen molar-refractivity contribution < 1.29 is 0 Å². The third kappa shape index (κ3) is 4.36. The van der Waals surface area contributed by atoms with E-state index >= 15 is 0 Å². The van der Waals surface area contributed by atoms with Crippen molar-refractivity contribution >= 4 is 35.0 Å². The lowest BCUT2D eigenvalue weighted by Gasteiger charge is -2.21. The first-order chi connectivity index (χ1) is 8.25. The molecule has 0 bridgehead atoms. The molecule has 1 fully saturated rings. The molecule has 1 aromatic rings. The topological polar surface area (TPSA) is 12.0 Å². The molecule has 94 valence electrons. The average Bonchev–Trinajstić information content (AvgIpc) is 2.35. The van der Waals surface area contributed by atoms with Crippen LogP contribution in [0.1, 0.15) is 24.8 Å². The number of nitrogens with one attached hydrogen (secondary N) is 1. The highest BCUT2D eigenvalue weighted by atomic mass is 35.5. The van der Waals surface area contributed by atoms with Crippen molar-refractivity contribution in [3.05, 3.63) is 33.8 Å². The van der Waals surface area contributed by atoms with Gasteiger partial charge in [0, 0.05) is 18.3 Å². The molecule has 1 aliphatic heterocycles. The van der Waals surface area contributed by atoms with E-state index in [1.165, 1.54) is 30.6 Å². The zero-order valence-electron chi connectivity index (χ0n) is 9.72. The van der Waals surface area contributed by atoms with Gasteiger partial charge in [0.2, 0.25) is 0 Å². The Morgan fingerprint density at radius 1 is 1.24 bits per heavy atom. The lowest BCUT2D eigenvalue weighted by Crippen LogP contribution is -2.26. The minimum Gasteiger partial charge on any atom is -0.312 e. The fourth-order valence-electron chi connectivity index (χ4n) is 2.00. The highest BCUT2D eigenvalue weighted by Gasteiger charge is 2.12. The van der Waals surface area contributed by atoms with E-state index in [0.717, 1.165) is 18.3 Å². The summed E-state index contributed by atoms with van der Waals surface area (Å²) in [6, 6.07) is 5.82. The number of hydrogen-bond donors (Lipinski definition) is 1. The molecule has 0 aliphatic carbocycles. The molecule has 2 rings (SSSR count). The molecule has 1 unspecified atom stereocenters. The second kappa shape index (κ2) is 6.89. The van der Waals surface area contributed by atoms with Crippen molar-refractivity contribution in [3.63, 3.8) is 0 Å². The summed E-state index contributed by atoms with van der Waals surface area (Å²) in [7, 11) is 0. The molecule has 1 atom stereocenters. The smallest absolute Gasteiger partial charge is 0.0595 e. The molecule has 1 aliphatic rings. The fourth-order valence-corrected chi connectivity index (χ4v) is 3.59. The van der Waals surface area contributed by atoms with Gasteiger partial charge in [0.15, 0.2) is 0 Å². The number of benzene rings is 1. The van der Waals surface area contributed by atoms with Crippen LogP contribution in [0.3, 0.4) is 0 Å². The van der Waals surface area contributed by atoms with Gasteiger partial charge in [-0.05, 0) is 36.3 Å². The van der Waals surface area contributed by atoms with Gasteiger partial charge in [-0.3, -0.25) is 0 Å². The highest BCUT2D eigenvalue weighted by molar-refractivity contribution is 7.99. The largest absolute Gasteiger partial charge is 0.312 e. The molecule has 17 heavy (non-hydrogen) atoms. The van der Waals surface area contributed by atoms with E-state index in [4.69, 9.17) is 23.2 Å². The van der Waals surface area contributed by atoms with E-state index in [9.17, 15) is 0 Å². The number of halogens is 2. The standard InChI is InChI=1S/C13H17Cl2NS/c14-12-5-4-10(7-13(12)15)8-16-9-11-3-1-2-6-17-11/h4-5,7,11,16H,1-3,6,8-9H2. The van der Waals surface area contributed by atoms with E-state index in [1.807, 2.05) is 18.2 Å². The van der Waals surface area contributed by atoms with Crippen LogP contribution in [0.5, 0.6) is 0 Å². The maximum absolute atomic E-state index is 5.98. The number of hydrogen-bond acceptors (Lipinski definition) is 2. The summed E-state index contributed by atoms with van der Waals surface area (Å²) >= 11 is 14.0. The van der Waals surface area contributed by atoms with Crippen LogP contribution in [-0.2, 0) is 6.54 Å². The van der Waals surface area contributed by atoms with Crippen molar-refractivity contribution in [1.29, 1.82) is 0 Å². The van der Waals surface area contributed by atoms with E-state index in [1.54, 1.807) is 0 Å². The lowest BCUT2D eigenvalue weighted by molar-refractivity contribution is 0.598. The first-order valence-corrected chi connectivity index (χ1v) is 7.82. The third-order valence-corrected chi connectivity index (χ3v) is 5.10. The van der Waals surface area contributed by atoms with Gasteiger partial charge < -0.3 is 5.32 Å². The molecule has 1 saturated heterocycles. The van der Waals surface area contributed by atoms with Crippen molar-refractivity contribution in [3.8, 4) is 0 Å². The SMILES string of the molecule is Clc1ccc(CNCC2CCCCS2)cc1Cl. The fraction of sp³-hybridized carbons (Fsp3) is 0.538. The maximum Gasteiger partial charge on any atom is 0.0595 e. The molecule has 4 heteroatoms. The van der Waals surface area contributed by atoms with Crippen LogP contribution >= 0.6 is 35.0 Å². The Bertz CT molecular complexity index is 364. The Morgan fingerprint density at radius 3 is 2.82 bits per heavy atom.